The van der Waals surface area contributed by atoms with Crippen LogP contribution in [0.5, 0.6) is 5.75 Å². The number of thioether (sulfide) groups is 1. The Hall–Kier alpha value is -3.84. The molecule has 164 valence electrons. The van der Waals surface area contributed by atoms with Crippen molar-refractivity contribution in [2.45, 2.75) is 17.2 Å². The molecule has 5 nitrogen and oxygen atoms in total. The van der Waals surface area contributed by atoms with E-state index in [1.807, 2.05) is 30.3 Å². The molecule has 0 saturated heterocycles. The second-order valence-electron chi connectivity index (χ2n) is 7.58. The van der Waals surface area contributed by atoms with E-state index in [4.69, 9.17) is 4.42 Å². The highest BCUT2D eigenvalue weighted by atomic mass is 32.2. The summed E-state index contributed by atoms with van der Waals surface area (Å²) in [6.07, 6.45) is 0. The van der Waals surface area contributed by atoms with Crippen molar-refractivity contribution in [2.24, 2.45) is 0 Å². The molecule has 5 aromatic rings. The molecular formula is C26H18FNO4S. The Morgan fingerprint density at radius 2 is 1.58 bits per heavy atom. The maximum atomic E-state index is 13.5. The number of fused-ring (bicyclic) bond motifs is 3. The molecule has 5 rings (SSSR count). The van der Waals surface area contributed by atoms with Crippen molar-refractivity contribution in [3.63, 3.8) is 0 Å². The van der Waals surface area contributed by atoms with Crippen LogP contribution in [-0.4, -0.2) is 9.67 Å². The van der Waals surface area contributed by atoms with E-state index in [2.05, 4.69) is 0 Å². The van der Waals surface area contributed by atoms with Crippen LogP contribution in [-0.2, 0) is 12.3 Å². The number of benzene rings is 3. The minimum atomic E-state index is -0.693. The molecule has 2 heterocycles. The smallest absolute Gasteiger partial charge is 0.353 e. The van der Waals surface area contributed by atoms with Gasteiger partial charge in [0.2, 0.25) is 0 Å². The van der Waals surface area contributed by atoms with Gasteiger partial charge in [-0.05, 0) is 35.4 Å². The van der Waals surface area contributed by atoms with Gasteiger partial charge in [0.1, 0.15) is 16.1 Å². The van der Waals surface area contributed by atoms with E-state index in [9.17, 15) is 19.1 Å². The molecule has 0 radical (unpaired) electrons. The number of rotatable bonds is 5. The highest BCUT2D eigenvalue weighted by Gasteiger charge is 2.22. The fraction of sp³-hybridized carbons (Fsp3) is 0.0769. The number of pyridine rings is 1. The van der Waals surface area contributed by atoms with E-state index in [1.54, 1.807) is 36.4 Å². The van der Waals surface area contributed by atoms with Gasteiger partial charge in [0.05, 0.1) is 12.1 Å². The van der Waals surface area contributed by atoms with Crippen molar-refractivity contribution < 1.29 is 13.9 Å². The van der Waals surface area contributed by atoms with Crippen molar-refractivity contribution in [3.8, 4) is 5.75 Å². The molecule has 0 aliphatic heterocycles. The van der Waals surface area contributed by atoms with E-state index >= 15 is 0 Å². The van der Waals surface area contributed by atoms with Crippen LogP contribution in [0.25, 0.3) is 21.9 Å². The van der Waals surface area contributed by atoms with Crippen LogP contribution in [0.2, 0.25) is 0 Å². The summed E-state index contributed by atoms with van der Waals surface area (Å²) in [6.45, 7) is 0.167. The van der Waals surface area contributed by atoms with Gasteiger partial charge in [-0.1, -0.05) is 54.6 Å². The molecule has 0 atom stereocenters. The molecule has 0 saturated carbocycles. The van der Waals surface area contributed by atoms with Crippen LogP contribution in [0.3, 0.4) is 0 Å². The summed E-state index contributed by atoms with van der Waals surface area (Å²) >= 11 is 1.12. The monoisotopic (exact) mass is 459 g/mol. The zero-order chi connectivity index (χ0) is 22.9. The molecule has 1 N–H and O–H groups in total. The number of para-hydroxylation sites is 1. The topological polar surface area (TPSA) is 72.4 Å². The Morgan fingerprint density at radius 3 is 2.33 bits per heavy atom. The lowest BCUT2D eigenvalue weighted by molar-refractivity contribution is 0.446. The first-order chi connectivity index (χ1) is 16.0. The molecule has 0 unspecified atom stereocenters. The number of aromatic hydroxyl groups is 1. The maximum Gasteiger partial charge on any atom is 0.353 e. The fourth-order valence-electron chi connectivity index (χ4n) is 3.83. The normalized spacial score (nSPS) is 11.3. The van der Waals surface area contributed by atoms with Gasteiger partial charge < -0.3 is 14.1 Å². The molecule has 7 heteroatoms. The second kappa shape index (κ2) is 8.60. The molecule has 0 amide bonds. The lowest BCUT2D eigenvalue weighted by atomic mass is 10.1. The molecule has 33 heavy (non-hydrogen) atoms. The average molecular weight is 459 g/mol. The number of nitrogens with zero attached hydrogens (tertiary/aromatic N) is 1. The summed E-state index contributed by atoms with van der Waals surface area (Å²) in [5, 5.41) is 11.5. The number of hydrogen-bond donors (Lipinski definition) is 1. The molecule has 0 aliphatic carbocycles. The Labute approximate surface area is 191 Å². The molecular weight excluding hydrogens is 441 g/mol. The van der Waals surface area contributed by atoms with Gasteiger partial charge in [-0.15, -0.1) is 11.8 Å². The standard InChI is InChI=1S/C26H18FNO4S/c27-18-12-10-16(11-13-18)14-28-20-9-5-4-8-19(20)23-21(25(28)30)22(29)24(26(31)32-23)33-15-17-6-2-1-3-7-17/h1-13,29H,14-15H2. The van der Waals surface area contributed by atoms with Gasteiger partial charge in [-0.25, -0.2) is 9.18 Å². The Balaban J connectivity index is 1.70. The van der Waals surface area contributed by atoms with E-state index < -0.39 is 11.2 Å². The summed E-state index contributed by atoms with van der Waals surface area (Å²) < 4.78 is 20.4. The predicted molar refractivity (Wildman–Crippen MR) is 127 cm³/mol. The van der Waals surface area contributed by atoms with Crippen LogP contribution in [0.1, 0.15) is 11.1 Å². The van der Waals surface area contributed by atoms with Gasteiger partial charge >= 0.3 is 5.63 Å². The third-order valence-corrected chi connectivity index (χ3v) is 6.56. The van der Waals surface area contributed by atoms with Crippen molar-refractivity contribution in [3.05, 3.63) is 117 Å². The van der Waals surface area contributed by atoms with Crippen LogP contribution in [0.15, 0.2) is 97.8 Å². The van der Waals surface area contributed by atoms with E-state index in [-0.39, 0.29) is 34.0 Å². The van der Waals surface area contributed by atoms with Gasteiger partial charge in [0.25, 0.3) is 5.56 Å². The third kappa shape index (κ3) is 3.91. The van der Waals surface area contributed by atoms with Crippen LogP contribution >= 0.6 is 11.8 Å². The van der Waals surface area contributed by atoms with E-state index in [1.165, 1.54) is 16.7 Å². The van der Waals surface area contributed by atoms with Crippen molar-refractivity contribution in [1.29, 1.82) is 0 Å². The van der Waals surface area contributed by atoms with Crippen molar-refractivity contribution in [2.75, 3.05) is 0 Å². The molecule has 3 aromatic carbocycles. The first-order valence-electron chi connectivity index (χ1n) is 10.3. The molecule has 2 aromatic heterocycles. The van der Waals surface area contributed by atoms with Gasteiger partial charge in [0, 0.05) is 11.1 Å². The molecule has 0 spiro atoms. The van der Waals surface area contributed by atoms with Gasteiger partial charge in [-0.3, -0.25) is 4.79 Å². The van der Waals surface area contributed by atoms with Crippen molar-refractivity contribution >= 4 is 33.6 Å². The highest BCUT2D eigenvalue weighted by molar-refractivity contribution is 7.98. The zero-order valence-electron chi connectivity index (χ0n) is 17.3. The summed E-state index contributed by atoms with van der Waals surface area (Å²) in [4.78, 5) is 26.3. The first kappa shape index (κ1) is 21.0. The summed E-state index contributed by atoms with van der Waals surface area (Å²) in [6, 6.07) is 22.4. The lowest BCUT2D eigenvalue weighted by Crippen LogP contribution is -2.22. The zero-order valence-corrected chi connectivity index (χ0v) is 18.1. The van der Waals surface area contributed by atoms with Crippen LogP contribution in [0.4, 0.5) is 4.39 Å². The molecule has 0 bridgehead atoms. The second-order valence-corrected chi connectivity index (χ2v) is 8.57. The average Bonchev–Trinajstić information content (AvgIpc) is 2.83. The van der Waals surface area contributed by atoms with Crippen molar-refractivity contribution in [1.82, 2.24) is 4.57 Å². The Bertz CT molecular complexity index is 1590. The quantitative estimate of drug-likeness (QED) is 0.286. The fourth-order valence-corrected chi connectivity index (χ4v) is 4.73. The SMILES string of the molecule is O=c1oc2c(c(O)c1SCc1ccccc1)c(=O)n(Cc1ccc(F)cc1)c1ccccc21. The van der Waals surface area contributed by atoms with E-state index in [0.29, 0.717) is 16.7 Å². The Morgan fingerprint density at radius 1 is 0.879 bits per heavy atom. The largest absolute Gasteiger partial charge is 0.506 e. The predicted octanol–water partition coefficient (Wildman–Crippen LogP) is 5.29. The Kier molecular flexibility index (Phi) is 5.48. The van der Waals surface area contributed by atoms with Crippen LogP contribution < -0.4 is 11.2 Å². The van der Waals surface area contributed by atoms with Gasteiger partial charge in [0.15, 0.2) is 11.3 Å². The third-order valence-electron chi connectivity index (χ3n) is 5.44. The molecule has 0 aliphatic rings. The minimum Gasteiger partial charge on any atom is -0.506 e. The number of hydrogen-bond acceptors (Lipinski definition) is 5. The maximum absolute atomic E-state index is 13.5. The summed E-state index contributed by atoms with van der Waals surface area (Å²) in [5.74, 6) is -0.318. The lowest BCUT2D eigenvalue weighted by Gasteiger charge is -2.14. The summed E-state index contributed by atoms with van der Waals surface area (Å²) in [7, 11) is 0. The highest BCUT2D eigenvalue weighted by Crippen LogP contribution is 2.35. The van der Waals surface area contributed by atoms with Gasteiger partial charge in [-0.2, -0.15) is 0 Å². The van der Waals surface area contributed by atoms with E-state index in [0.717, 1.165) is 22.9 Å². The minimum absolute atomic E-state index is 0.00735. The number of halogens is 1. The number of aromatic nitrogens is 1. The first-order valence-corrected chi connectivity index (χ1v) is 11.2. The summed E-state index contributed by atoms with van der Waals surface area (Å²) in [5.41, 5.74) is 1.11. The molecule has 0 fully saturated rings. The van der Waals surface area contributed by atoms with Crippen LogP contribution in [0, 0.1) is 5.82 Å².